The van der Waals surface area contributed by atoms with Gasteiger partial charge >= 0.3 is 0 Å². The van der Waals surface area contributed by atoms with E-state index in [9.17, 15) is 0 Å². The third-order valence-corrected chi connectivity index (χ3v) is 4.21. The van der Waals surface area contributed by atoms with Gasteiger partial charge in [0.1, 0.15) is 5.75 Å². The Hall–Kier alpha value is -1.72. The summed E-state index contributed by atoms with van der Waals surface area (Å²) in [7, 11) is 0. The number of ether oxygens (including phenoxy) is 3. The number of hydrogen-bond acceptors (Lipinski definition) is 5. The first-order chi connectivity index (χ1) is 11.2. The fraction of sp³-hybridized carbons (Fsp3) is 0.556. The molecular weight excluding hydrogens is 292 g/mol. The second-order valence-corrected chi connectivity index (χ2v) is 6.26. The van der Waals surface area contributed by atoms with Crippen LogP contribution in [0.2, 0.25) is 0 Å². The Balaban J connectivity index is 1.65. The summed E-state index contributed by atoms with van der Waals surface area (Å²) in [6, 6.07) is 4.02. The predicted octanol–water partition coefficient (Wildman–Crippen LogP) is 2.51. The zero-order valence-corrected chi connectivity index (χ0v) is 14.1. The summed E-state index contributed by atoms with van der Waals surface area (Å²) in [5.41, 5.74) is 2.40. The van der Waals surface area contributed by atoms with Gasteiger partial charge in [-0.05, 0) is 19.9 Å². The predicted molar refractivity (Wildman–Crippen MR) is 90.3 cm³/mol. The van der Waals surface area contributed by atoms with Crippen LogP contribution in [0.25, 0.3) is 0 Å². The highest BCUT2D eigenvalue weighted by Crippen LogP contribution is 2.38. The van der Waals surface area contributed by atoms with Gasteiger partial charge in [-0.2, -0.15) is 0 Å². The van der Waals surface area contributed by atoms with Crippen LogP contribution in [0.5, 0.6) is 17.2 Å². The molecule has 1 aromatic rings. The minimum atomic E-state index is 0.296. The van der Waals surface area contributed by atoms with Gasteiger partial charge in [0, 0.05) is 50.9 Å². The molecule has 1 saturated heterocycles. The lowest BCUT2D eigenvalue weighted by molar-refractivity contribution is 0.133. The van der Waals surface area contributed by atoms with Crippen LogP contribution in [0.4, 0.5) is 0 Å². The molecule has 0 bridgehead atoms. The maximum Gasteiger partial charge on any atom is 0.231 e. The maximum absolute atomic E-state index is 5.79. The van der Waals surface area contributed by atoms with Crippen LogP contribution in [0.15, 0.2) is 24.3 Å². The van der Waals surface area contributed by atoms with Crippen molar-refractivity contribution in [2.45, 2.75) is 20.4 Å². The molecule has 0 N–H and O–H groups in total. The van der Waals surface area contributed by atoms with Crippen molar-refractivity contribution in [1.29, 1.82) is 0 Å². The second kappa shape index (κ2) is 7.23. The minimum Gasteiger partial charge on any atom is -0.493 e. The lowest BCUT2D eigenvalue weighted by Crippen LogP contribution is -2.46. The lowest BCUT2D eigenvalue weighted by atomic mass is 10.1. The van der Waals surface area contributed by atoms with Crippen molar-refractivity contribution >= 4 is 0 Å². The summed E-state index contributed by atoms with van der Waals surface area (Å²) in [4.78, 5) is 4.93. The number of piperazine rings is 1. The molecule has 1 aromatic carbocycles. The molecule has 0 amide bonds. The molecule has 1 fully saturated rings. The minimum absolute atomic E-state index is 0.296. The van der Waals surface area contributed by atoms with E-state index in [1.54, 1.807) is 0 Å². The van der Waals surface area contributed by atoms with Crippen LogP contribution in [-0.2, 0) is 6.54 Å². The van der Waals surface area contributed by atoms with Crippen molar-refractivity contribution in [2.75, 3.05) is 46.1 Å². The molecule has 2 aliphatic heterocycles. The molecule has 0 radical (unpaired) electrons. The highest BCUT2D eigenvalue weighted by molar-refractivity contribution is 5.51. The number of benzene rings is 1. The monoisotopic (exact) mass is 318 g/mol. The molecule has 0 atom stereocenters. The molecular formula is C18H26N2O3. The fourth-order valence-corrected chi connectivity index (χ4v) is 3.11. The van der Waals surface area contributed by atoms with E-state index >= 15 is 0 Å². The SMILES string of the molecule is C=C(C)CN1CCN(Cc2cc3c(cc2OCC)OCO3)CC1. The standard InChI is InChI=1S/C18H26N2O3/c1-4-21-16-10-18-17(22-13-23-18)9-15(16)12-20-7-5-19(6-8-20)11-14(2)3/h9-10H,2,4-8,11-13H2,1,3H3. The Labute approximate surface area is 138 Å². The van der Waals surface area contributed by atoms with E-state index in [4.69, 9.17) is 14.2 Å². The van der Waals surface area contributed by atoms with Crippen LogP contribution < -0.4 is 14.2 Å². The van der Waals surface area contributed by atoms with E-state index in [0.29, 0.717) is 13.4 Å². The van der Waals surface area contributed by atoms with Gasteiger partial charge in [0.25, 0.3) is 0 Å². The van der Waals surface area contributed by atoms with Gasteiger partial charge in [-0.1, -0.05) is 12.2 Å². The van der Waals surface area contributed by atoms with Crippen LogP contribution in [0, 0.1) is 0 Å². The van der Waals surface area contributed by atoms with Gasteiger partial charge in [0.15, 0.2) is 11.5 Å². The average Bonchev–Trinajstić information content (AvgIpc) is 2.96. The van der Waals surface area contributed by atoms with E-state index in [0.717, 1.165) is 56.5 Å². The first kappa shape index (κ1) is 16.1. The van der Waals surface area contributed by atoms with Crippen LogP contribution in [0.1, 0.15) is 19.4 Å². The summed E-state index contributed by atoms with van der Waals surface area (Å²) < 4.78 is 16.8. The molecule has 3 rings (SSSR count). The number of rotatable bonds is 6. The number of hydrogen-bond donors (Lipinski definition) is 0. The molecule has 0 spiro atoms. The molecule has 2 aliphatic rings. The third-order valence-electron chi connectivity index (χ3n) is 4.21. The molecule has 0 unspecified atom stereocenters. The van der Waals surface area contributed by atoms with Gasteiger partial charge in [-0.3, -0.25) is 9.80 Å². The highest BCUT2D eigenvalue weighted by Gasteiger charge is 2.22. The lowest BCUT2D eigenvalue weighted by Gasteiger charge is -2.35. The van der Waals surface area contributed by atoms with Gasteiger partial charge in [-0.25, -0.2) is 0 Å². The van der Waals surface area contributed by atoms with Crippen molar-refractivity contribution < 1.29 is 14.2 Å². The van der Waals surface area contributed by atoms with Crippen molar-refractivity contribution in [1.82, 2.24) is 9.80 Å². The first-order valence-corrected chi connectivity index (χ1v) is 8.30. The molecule has 5 nitrogen and oxygen atoms in total. The molecule has 0 aromatic heterocycles. The molecule has 0 aliphatic carbocycles. The van der Waals surface area contributed by atoms with E-state index in [2.05, 4.69) is 29.4 Å². The molecule has 5 heteroatoms. The van der Waals surface area contributed by atoms with E-state index in [-0.39, 0.29) is 0 Å². The summed E-state index contributed by atoms with van der Waals surface area (Å²) in [5.74, 6) is 2.51. The van der Waals surface area contributed by atoms with E-state index < -0.39 is 0 Å². The fourth-order valence-electron chi connectivity index (χ4n) is 3.11. The van der Waals surface area contributed by atoms with E-state index in [1.165, 1.54) is 11.1 Å². The molecule has 0 saturated carbocycles. The Morgan fingerprint density at radius 2 is 1.78 bits per heavy atom. The highest BCUT2D eigenvalue weighted by atomic mass is 16.7. The molecule has 2 heterocycles. The second-order valence-electron chi connectivity index (χ2n) is 6.26. The van der Waals surface area contributed by atoms with Crippen molar-refractivity contribution in [3.8, 4) is 17.2 Å². The maximum atomic E-state index is 5.79. The number of nitrogens with zero attached hydrogens (tertiary/aromatic N) is 2. The molecule has 23 heavy (non-hydrogen) atoms. The third kappa shape index (κ3) is 3.98. The van der Waals surface area contributed by atoms with Gasteiger partial charge in [0.2, 0.25) is 6.79 Å². The Kier molecular flexibility index (Phi) is 5.08. The van der Waals surface area contributed by atoms with E-state index in [1.807, 2.05) is 13.0 Å². The van der Waals surface area contributed by atoms with Gasteiger partial charge in [-0.15, -0.1) is 0 Å². The smallest absolute Gasteiger partial charge is 0.231 e. The summed E-state index contributed by atoms with van der Waals surface area (Å²) in [5, 5.41) is 0. The topological polar surface area (TPSA) is 34.2 Å². The van der Waals surface area contributed by atoms with Crippen molar-refractivity contribution in [2.24, 2.45) is 0 Å². The largest absolute Gasteiger partial charge is 0.493 e. The summed E-state index contributed by atoms with van der Waals surface area (Å²) in [6.45, 7) is 15.2. The zero-order chi connectivity index (χ0) is 16.2. The van der Waals surface area contributed by atoms with Crippen molar-refractivity contribution in [3.05, 3.63) is 29.8 Å². The Morgan fingerprint density at radius 1 is 1.13 bits per heavy atom. The quantitative estimate of drug-likeness (QED) is 0.753. The number of fused-ring (bicyclic) bond motifs is 1. The van der Waals surface area contributed by atoms with Crippen LogP contribution in [-0.4, -0.2) is 55.9 Å². The first-order valence-electron chi connectivity index (χ1n) is 8.30. The Morgan fingerprint density at radius 3 is 2.43 bits per heavy atom. The average molecular weight is 318 g/mol. The van der Waals surface area contributed by atoms with Gasteiger partial charge in [0.05, 0.1) is 6.61 Å². The van der Waals surface area contributed by atoms with Crippen molar-refractivity contribution in [3.63, 3.8) is 0 Å². The van der Waals surface area contributed by atoms with Gasteiger partial charge < -0.3 is 14.2 Å². The van der Waals surface area contributed by atoms with Crippen LogP contribution in [0.3, 0.4) is 0 Å². The van der Waals surface area contributed by atoms with Crippen LogP contribution >= 0.6 is 0 Å². The molecule has 126 valence electrons. The Bertz CT molecular complexity index is 566. The summed E-state index contributed by atoms with van der Waals surface area (Å²) in [6.07, 6.45) is 0. The zero-order valence-electron chi connectivity index (χ0n) is 14.1. The normalized spacial score (nSPS) is 18.2. The summed E-state index contributed by atoms with van der Waals surface area (Å²) >= 11 is 0.